The number of aromatic amines is 2. The number of benzene rings is 3. The minimum Gasteiger partial charge on any atom is -0.324 e. The molecule has 0 aliphatic heterocycles. The van der Waals surface area contributed by atoms with Gasteiger partial charge in [0.25, 0.3) is 0 Å². The number of hydrogen-bond acceptors (Lipinski definition) is 4. The zero-order valence-electron chi connectivity index (χ0n) is 17.6. The smallest absolute Gasteiger partial charge is 0.323 e. The fourth-order valence-corrected chi connectivity index (χ4v) is 3.63. The van der Waals surface area contributed by atoms with Crippen molar-refractivity contribution in [2.75, 3.05) is 11.9 Å². The van der Waals surface area contributed by atoms with Crippen LogP contribution in [0.15, 0.2) is 77.6 Å². The number of nitrogens with one attached hydrogen (secondary N) is 4. The van der Waals surface area contributed by atoms with Crippen molar-refractivity contribution >= 4 is 22.6 Å². The van der Waals surface area contributed by atoms with E-state index in [1.807, 2.05) is 42.5 Å². The number of amides is 1. The fraction of sp³-hybridized carbons (Fsp3) is 0.160. The molecule has 0 aliphatic carbocycles. The van der Waals surface area contributed by atoms with Crippen molar-refractivity contribution in [3.8, 4) is 6.07 Å². The second kappa shape index (κ2) is 9.33. The van der Waals surface area contributed by atoms with E-state index in [4.69, 9.17) is 5.26 Å². The van der Waals surface area contributed by atoms with E-state index in [9.17, 15) is 9.59 Å². The van der Waals surface area contributed by atoms with Gasteiger partial charge >= 0.3 is 5.69 Å². The van der Waals surface area contributed by atoms with Gasteiger partial charge in [0.15, 0.2) is 0 Å². The molecule has 0 fully saturated rings. The molecule has 0 saturated carbocycles. The molecule has 7 nitrogen and oxygen atoms in total. The van der Waals surface area contributed by atoms with Crippen molar-refractivity contribution in [3.05, 3.63) is 100.0 Å². The van der Waals surface area contributed by atoms with E-state index in [-0.39, 0.29) is 17.5 Å². The first-order valence-electron chi connectivity index (χ1n) is 10.3. The number of aromatic nitrogens is 2. The Kier molecular flexibility index (Phi) is 6.15. The Morgan fingerprint density at radius 1 is 0.969 bits per heavy atom. The molecular weight excluding hydrogens is 402 g/mol. The Morgan fingerprint density at radius 3 is 2.41 bits per heavy atom. The number of rotatable bonds is 7. The first kappa shape index (κ1) is 21.1. The summed E-state index contributed by atoms with van der Waals surface area (Å²) >= 11 is 0. The summed E-state index contributed by atoms with van der Waals surface area (Å²) in [6, 6.07) is 23.8. The number of anilines is 1. The van der Waals surface area contributed by atoms with Gasteiger partial charge < -0.3 is 20.6 Å². The molecule has 4 N–H and O–H groups in total. The highest BCUT2D eigenvalue weighted by Gasteiger charge is 2.21. The number of fused-ring (bicyclic) bond motifs is 1. The fourth-order valence-electron chi connectivity index (χ4n) is 3.63. The van der Waals surface area contributed by atoms with Gasteiger partial charge in [-0.15, -0.1) is 0 Å². The highest BCUT2D eigenvalue weighted by atomic mass is 16.2. The van der Waals surface area contributed by atoms with Gasteiger partial charge in [0.2, 0.25) is 5.91 Å². The third-order valence-corrected chi connectivity index (χ3v) is 5.42. The summed E-state index contributed by atoms with van der Waals surface area (Å²) in [6.07, 6.45) is 0. The first-order valence-corrected chi connectivity index (χ1v) is 10.3. The molecule has 32 heavy (non-hydrogen) atoms. The maximum atomic E-state index is 13.2. The molecule has 0 saturated heterocycles. The van der Waals surface area contributed by atoms with Gasteiger partial charge in [-0.3, -0.25) is 4.79 Å². The van der Waals surface area contributed by atoms with E-state index in [2.05, 4.69) is 33.6 Å². The summed E-state index contributed by atoms with van der Waals surface area (Å²) in [4.78, 5) is 30.1. The van der Waals surface area contributed by atoms with Crippen molar-refractivity contribution in [1.29, 1.82) is 5.26 Å². The van der Waals surface area contributed by atoms with Crippen molar-refractivity contribution in [2.24, 2.45) is 0 Å². The van der Waals surface area contributed by atoms with Gasteiger partial charge in [-0.2, -0.15) is 5.26 Å². The standard InChI is InChI=1S/C25H23N5O2/c1-16(18-9-7-17(14-26)8-10-18)15-27-23(19-5-3-2-4-6-19)24(31)28-20-11-12-21-22(13-20)30-25(32)29-21/h2-13,16,23,27H,15H2,1H3,(H,28,31)(H2,29,30,32)/t16-,23?/m1/s1. The van der Waals surface area contributed by atoms with Crippen molar-refractivity contribution < 1.29 is 4.79 Å². The predicted octanol–water partition coefficient (Wildman–Crippen LogP) is 3.80. The average molecular weight is 425 g/mol. The lowest BCUT2D eigenvalue weighted by Crippen LogP contribution is -2.35. The first-order chi connectivity index (χ1) is 15.5. The van der Waals surface area contributed by atoms with Crippen LogP contribution in [-0.2, 0) is 4.79 Å². The summed E-state index contributed by atoms with van der Waals surface area (Å²) in [7, 11) is 0. The van der Waals surface area contributed by atoms with Gasteiger partial charge in [0, 0.05) is 12.2 Å². The summed E-state index contributed by atoms with van der Waals surface area (Å²) in [6.45, 7) is 2.65. The Morgan fingerprint density at radius 2 is 1.69 bits per heavy atom. The molecule has 4 rings (SSSR count). The molecule has 0 spiro atoms. The van der Waals surface area contributed by atoms with E-state index < -0.39 is 6.04 Å². The molecule has 1 unspecified atom stereocenters. The van der Waals surface area contributed by atoms with Gasteiger partial charge in [0.05, 0.1) is 22.7 Å². The van der Waals surface area contributed by atoms with Crippen LogP contribution in [0.4, 0.5) is 5.69 Å². The molecule has 0 bridgehead atoms. The summed E-state index contributed by atoms with van der Waals surface area (Å²) in [5.74, 6) is -0.0523. The minimum atomic E-state index is -0.557. The minimum absolute atomic E-state index is 0.142. The zero-order chi connectivity index (χ0) is 22.5. The predicted molar refractivity (Wildman–Crippen MR) is 124 cm³/mol. The molecule has 0 radical (unpaired) electrons. The molecule has 4 aromatic rings. The molecule has 1 heterocycles. The third kappa shape index (κ3) is 4.77. The van der Waals surface area contributed by atoms with Gasteiger partial charge in [-0.1, -0.05) is 49.4 Å². The third-order valence-electron chi connectivity index (χ3n) is 5.42. The molecule has 2 atom stereocenters. The summed E-state index contributed by atoms with van der Waals surface area (Å²) in [5, 5.41) is 15.3. The topological polar surface area (TPSA) is 114 Å². The number of nitrogens with zero attached hydrogens (tertiary/aromatic N) is 1. The second-order valence-electron chi connectivity index (χ2n) is 7.72. The van der Waals surface area contributed by atoms with Crippen LogP contribution in [0.5, 0.6) is 0 Å². The lowest BCUT2D eigenvalue weighted by Gasteiger charge is -2.21. The number of carbonyl (C=O) groups excluding carboxylic acids is 1. The Hall–Kier alpha value is -4.15. The molecule has 3 aromatic carbocycles. The number of imidazole rings is 1. The average Bonchev–Trinajstić information content (AvgIpc) is 3.19. The van der Waals surface area contributed by atoms with Crippen molar-refractivity contribution in [1.82, 2.24) is 15.3 Å². The van der Waals surface area contributed by atoms with Gasteiger partial charge in [-0.05, 0) is 47.4 Å². The van der Waals surface area contributed by atoms with Gasteiger partial charge in [0.1, 0.15) is 6.04 Å². The lowest BCUT2D eigenvalue weighted by molar-refractivity contribution is -0.118. The second-order valence-corrected chi connectivity index (χ2v) is 7.72. The maximum Gasteiger partial charge on any atom is 0.323 e. The highest BCUT2D eigenvalue weighted by molar-refractivity contribution is 5.97. The SMILES string of the molecule is C[C@H](CNC(C(=O)Nc1ccc2[nH]c(=O)[nH]c2c1)c1ccccc1)c1ccc(C#N)cc1. The zero-order valence-corrected chi connectivity index (χ0v) is 17.6. The summed E-state index contributed by atoms with van der Waals surface area (Å²) < 4.78 is 0. The Labute approximate surface area is 185 Å². The number of nitriles is 1. The van der Waals surface area contributed by atoms with Crippen LogP contribution in [0.2, 0.25) is 0 Å². The van der Waals surface area contributed by atoms with Crippen LogP contribution < -0.4 is 16.3 Å². The quantitative estimate of drug-likeness (QED) is 0.361. The maximum absolute atomic E-state index is 13.2. The highest BCUT2D eigenvalue weighted by Crippen LogP contribution is 2.21. The molecule has 1 amide bonds. The van der Waals surface area contributed by atoms with Crippen LogP contribution in [0, 0.1) is 11.3 Å². The van der Waals surface area contributed by atoms with E-state index in [0.717, 1.165) is 11.1 Å². The number of carbonyl (C=O) groups is 1. The molecule has 0 aliphatic rings. The van der Waals surface area contributed by atoms with Crippen molar-refractivity contribution in [3.63, 3.8) is 0 Å². The van der Waals surface area contributed by atoms with Gasteiger partial charge in [-0.25, -0.2) is 4.79 Å². The molecule has 7 heteroatoms. The van der Waals surface area contributed by atoms with Crippen LogP contribution in [0.25, 0.3) is 11.0 Å². The molecule has 160 valence electrons. The summed E-state index contributed by atoms with van der Waals surface area (Å²) in [5.41, 5.74) is 4.19. The molecular formula is C25H23N5O2. The van der Waals surface area contributed by atoms with E-state index >= 15 is 0 Å². The van der Waals surface area contributed by atoms with Crippen LogP contribution >= 0.6 is 0 Å². The van der Waals surface area contributed by atoms with Crippen LogP contribution in [-0.4, -0.2) is 22.4 Å². The Balaban J connectivity index is 1.51. The lowest BCUT2D eigenvalue weighted by atomic mass is 9.98. The van der Waals surface area contributed by atoms with Crippen LogP contribution in [0.1, 0.15) is 35.6 Å². The largest absolute Gasteiger partial charge is 0.324 e. The Bertz CT molecular complexity index is 1320. The van der Waals surface area contributed by atoms with E-state index in [0.29, 0.717) is 28.8 Å². The number of hydrogen-bond donors (Lipinski definition) is 4. The van der Waals surface area contributed by atoms with E-state index in [1.54, 1.807) is 30.3 Å². The van der Waals surface area contributed by atoms with Crippen molar-refractivity contribution in [2.45, 2.75) is 18.9 Å². The van der Waals surface area contributed by atoms with E-state index in [1.165, 1.54) is 0 Å². The molecule has 1 aromatic heterocycles. The monoisotopic (exact) mass is 425 g/mol. The number of H-pyrrole nitrogens is 2. The normalized spacial score (nSPS) is 12.8. The van der Waals surface area contributed by atoms with Crippen LogP contribution in [0.3, 0.4) is 0 Å².